The monoisotopic (exact) mass is 653 g/mol. The van der Waals surface area contributed by atoms with Gasteiger partial charge in [-0.1, -0.05) is 18.2 Å². The third kappa shape index (κ3) is 11.8. The van der Waals surface area contributed by atoms with Crippen LogP contribution in [0.2, 0.25) is 0 Å². The molecule has 3 atom stereocenters. The molecule has 0 unspecified atom stereocenters. The largest absolute Gasteiger partial charge is 0.480 e. The fourth-order valence-electron chi connectivity index (χ4n) is 4.58. The Morgan fingerprint density at radius 2 is 1.60 bits per heavy atom. The summed E-state index contributed by atoms with van der Waals surface area (Å²) in [6.07, 6.45) is 4.81. The Labute approximate surface area is 268 Å². The first-order valence-corrected chi connectivity index (χ1v) is 14.6. The predicted molar refractivity (Wildman–Crippen MR) is 169 cm³/mol. The maximum absolute atomic E-state index is 13.4. The van der Waals surface area contributed by atoms with Crippen molar-refractivity contribution < 1.29 is 33.9 Å². The molecule has 47 heavy (non-hydrogen) atoms. The Morgan fingerprint density at radius 3 is 2.26 bits per heavy atom. The van der Waals surface area contributed by atoms with Gasteiger partial charge in [0.1, 0.15) is 18.1 Å². The number of carbonyl (C=O) groups excluding carboxylic acids is 5. The van der Waals surface area contributed by atoms with E-state index >= 15 is 0 Å². The fraction of sp³-hybridized carbons (Fsp3) is 0.379. The Hall–Kier alpha value is -5.94. The summed E-state index contributed by atoms with van der Waals surface area (Å²) in [4.78, 5) is 88.6. The smallest absolute Gasteiger partial charge is 0.326 e. The van der Waals surface area contributed by atoms with Gasteiger partial charge >= 0.3 is 5.97 Å². The zero-order chi connectivity index (χ0) is 34.3. The highest BCUT2D eigenvalue weighted by molar-refractivity contribution is 5.94. The second kappa shape index (κ2) is 17.5. The number of guanidine groups is 1. The number of carboxylic acid groups (broad SMARTS) is 1. The van der Waals surface area contributed by atoms with E-state index in [2.05, 4.69) is 46.5 Å². The zero-order valence-corrected chi connectivity index (χ0v) is 25.7. The number of carboxylic acids is 1. The first-order valence-electron chi connectivity index (χ1n) is 14.6. The summed E-state index contributed by atoms with van der Waals surface area (Å²) in [5, 5.41) is 22.9. The molecule has 0 radical (unpaired) electrons. The molecule has 0 saturated heterocycles. The average Bonchev–Trinajstić information content (AvgIpc) is 3.69. The van der Waals surface area contributed by atoms with Crippen LogP contribution in [-0.4, -0.2) is 99.3 Å². The second-order valence-electron chi connectivity index (χ2n) is 10.6. The summed E-state index contributed by atoms with van der Waals surface area (Å²) >= 11 is 0. The minimum atomic E-state index is -1.28. The van der Waals surface area contributed by atoms with Gasteiger partial charge in [0.25, 0.3) is 0 Å². The number of rotatable bonds is 18. The van der Waals surface area contributed by atoms with Gasteiger partial charge in [0, 0.05) is 55.3 Å². The predicted octanol–water partition coefficient (Wildman–Crippen LogP) is -2.48. The lowest BCUT2D eigenvalue weighted by Gasteiger charge is -2.23. The van der Waals surface area contributed by atoms with Crippen LogP contribution in [0.25, 0.3) is 10.9 Å². The van der Waals surface area contributed by atoms with E-state index in [1.54, 1.807) is 6.20 Å². The maximum Gasteiger partial charge on any atom is 0.326 e. The Balaban J connectivity index is 1.66. The number of nitrogens with zero attached hydrogens (tertiary/aromatic N) is 2. The SMILES string of the molecule is CC(=O)NCC(=O)N[C@@H](Cc1cnc[nH]1)C(=O)N[C@@H](CCCN=C(N)N)C(=O)NCC(=O)N[C@@H](Cc1c[nH]c2ccccc12)C(=O)O. The van der Waals surface area contributed by atoms with Crippen molar-refractivity contribution in [2.45, 2.75) is 50.7 Å². The van der Waals surface area contributed by atoms with Crippen LogP contribution >= 0.6 is 0 Å². The number of nitrogens with one attached hydrogen (secondary N) is 7. The van der Waals surface area contributed by atoms with Crippen LogP contribution in [0.15, 0.2) is 48.0 Å². The van der Waals surface area contributed by atoms with Crippen molar-refractivity contribution in [2.75, 3.05) is 19.6 Å². The number of aliphatic carboxylic acids is 1. The molecule has 0 aliphatic carbocycles. The van der Waals surface area contributed by atoms with Crippen molar-refractivity contribution in [1.82, 2.24) is 41.5 Å². The Bertz CT molecular complexity index is 1580. The molecule has 2 aromatic heterocycles. The van der Waals surface area contributed by atoms with Crippen LogP contribution in [0.4, 0.5) is 0 Å². The summed E-state index contributed by atoms with van der Waals surface area (Å²) in [6.45, 7) is 0.417. The minimum Gasteiger partial charge on any atom is -0.480 e. The number of fused-ring (bicyclic) bond motifs is 1. The number of aromatic nitrogens is 3. The van der Waals surface area contributed by atoms with Crippen LogP contribution in [-0.2, 0) is 41.6 Å². The molecule has 3 aromatic rings. The van der Waals surface area contributed by atoms with Crippen LogP contribution in [0.3, 0.4) is 0 Å². The molecule has 18 nitrogen and oxygen atoms in total. The topological polar surface area (TPSA) is 292 Å². The number of hydrogen-bond acceptors (Lipinski definition) is 8. The van der Waals surface area contributed by atoms with Gasteiger partial charge in [0.15, 0.2) is 5.96 Å². The number of hydrogen-bond donors (Lipinski definition) is 10. The molecule has 2 heterocycles. The maximum atomic E-state index is 13.4. The van der Waals surface area contributed by atoms with Gasteiger partial charge in [0.05, 0.1) is 19.4 Å². The fourth-order valence-corrected chi connectivity index (χ4v) is 4.58. The third-order valence-electron chi connectivity index (χ3n) is 6.86. The molecule has 0 fully saturated rings. The number of para-hydroxylation sites is 1. The van der Waals surface area contributed by atoms with E-state index in [0.29, 0.717) is 11.3 Å². The lowest BCUT2D eigenvalue weighted by Crippen LogP contribution is -2.56. The van der Waals surface area contributed by atoms with Gasteiger partial charge in [-0.05, 0) is 24.5 Å². The average molecular weight is 654 g/mol. The van der Waals surface area contributed by atoms with Crippen LogP contribution < -0.4 is 38.1 Å². The summed E-state index contributed by atoms with van der Waals surface area (Å²) in [6, 6.07) is 3.68. The minimum absolute atomic E-state index is 0.00607. The number of nitrogens with two attached hydrogens (primary N) is 2. The van der Waals surface area contributed by atoms with Crippen molar-refractivity contribution in [3.05, 3.63) is 54.2 Å². The Kier molecular flexibility index (Phi) is 13.2. The highest BCUT2D eigenvalue weighted by Gasteiger charge is 2.28. The van der Waals surface area contributed by atoms with Gasteiger partial charge < -0.3 is 53.1 Å². The number of imidazole rings is 1. The van der Waals surface area contributed by atoms with Gasteiger partial charge in [-0.15, -0.1) is 0 Å². The van der Waals surface area contributed by atoms with E-state index in [9.17, 15) is 33.9 Å². The van der Waals surface area contributed by atoms with Crippen molar-refractivity contribution in [1.29, 1.82) is 0 Å². The quantitative estimate of drug-likeness (QED) is 0.0392. The molecule has 12 N–H and O–H groups in total. The normalized spacial score (nSPS) is 12.6. The molecular formula is C29H39N11O7. The van der Waals surface area contributed by atoms with Crippen molar-refractivity contribution >= 4 is 52.4 Å². The van der Waals surface area contributed by atoms with Crippen LogP contribution in [0.1, 0.15) is 31.0 Å². The van der Waals surface area contributed by atoms with E-state index in [-0.39, 0.29) is 44.7 Å². The first-order chi connectivity index (χ1) is 22.4. The molecule has 3 rings (SSSR count). The standard InChI is InChI=1S/C29H39N11O7/c1-16(41)34-13-24(42)38-22(10-18-12-32-15-37-18)27(45)40-21(7-4-8-33-29(30)31)26(44)36-14-25(43)39-23(28(46)47)9-17-11-35-20-6-3-2-5-19(17)20/h2-3,5-6,11-12,15,21-23,35H,4,7-10,13-14H2,1H3,(H,32,37)(H,34,41)(H,36,44)(H,38,42)(H,39,43)(H,40,45)(H,46,47)(H4,30,31,33)/t21-,22-,23-/m0/s1. The van der Waals surface area contributed by atoms with E-state index in [4.69, 9.17) is 11.5 Å². The lowest BCUT2D eigenvalue weighted by molar-refractivity contribution is -0.141. The van der Waals surface area contributed by atoms with E-state index in [1.165, 1.54) is 19.4 Å². The third-order valence-corrected chi connectivity index (χ3v) is 6.86. The summed E-state index contributed by atoms with van der Waals surface area (Å²) < 4.78 is 0. The molecular weight excluding hydrogens is 614 g/mol. The van der Waals surface area contributed by atoms with Crippen LogP contribution in [0.5, 0.6) is 0 Å². The van der Waals surface area contributed by atoms with Crippen molar-refractivity contribution in [2.24, 2.45) is 16.5 Å². The highest BCUT2D eigenvalue weighted by Crippen LogP contribution is 2.19. The molecule has 0 aliphatic rings. The number of carbonyl (C=O) groups is 6. The molecule has 0 bridgehead atoms. The number of benzene rings is 1. The zero-order valence-electron chi connectivity index (χ0n) is 25.7. The first kappa shape index (κ1) is 35.5. The van der Waals surface area contributed by atoms with Gasteiger partial charge in [-0.2, -0.15) is 0 Å². The second-order valence-corrected chi connectivity index (χ2v) is 10.6. The van der Waals surface area contributed by atoms with Crippen molar-refractivity contribution in [3.63, 3.8) is 0 Å². The number of aromatic amines is 2. The molecule has 1 aromatic carbocycles. The van der Waals surface area contributed by atoms with Crippen LogP contribution in [0, 0.1) is 0 Å². The number of H-pyrrole nitrogens is 2. The summed E-state index contributed by atoms with van der Waals surface area (Å²) in [7, 11) is 0. The van der Waals surface area contributed by atoms with E-state index in [1.807, 2.05) is 24.3 Å². The highest BCUT2D eigenvalue weighted by atomic mass is 16.4. The molecule has 0 spiro atoms. The van der Waals surface area contributed by atoms with E-state index < -0.39 is 60.2 Å². The van der Waals surface area contributed by atoms with Crippen molar-refractivity contribution in [3.8, 4) is 0 Å². The summed E-state index contributed by atoms with van der Waals surface area (Å²) in [5.41, 5.74) is 12.8. The van der Waals surface area contributed by atoms with Gasteiger partial charge in [-0.25, -0.2) is 9.78 Å². The number of aliphatic imine (C=N–C) groups is 1. The molecule has 5 amide bonds. The number of amides is 5. The van der Waals surface area contributed by atoms with Gasteiger partial charge in [-0.3, -0.25) is 29.0 Å². The molecule has 0 saturated carbocycles. The molecule has 0 aliphatic heterocycles. The summed E-state index contributed by atoms with van der Waals surface area (Å²) in [5.74, 6) is -4.75. The molecule has 18 heteroatoms. The Morgan fingerprint density at radius 1 is 0.894 bits per heavy atom. The lowest BCUT2D eigenvalue weighted by atomic mass is 10.0. The molecule has 252 valence electrons. The van der Waals surface area contributed by atoms with Gasteiger partial charge in [0.2, 0.25) is 29.5 Å². The van der Waals surface area contributed by atoms with E-state index in [0.717, 1.165) is 10.9 Å².